The van der Waals surface area contributed by atoms with Gasteiger partial charge in [0.2, 0.25) is 0 Å². The van der Waals surface area contributed by atoms with E-state index in [0.29, 0.717) is 0 Å². The summed E-state index contributed by atoms with van der Waals surface area (Å²) in [6.45, 7) is 1.18. The summed E-state index contributed by atoms with van der Waals surface area (Å²) in [5.74, 6) is 0. The molecule has 4 rings (SSSR count). The van der Waals surface area contributed by atoms with Crippen LogP contribution in [-0.4, -0.2) is 17.6 Å². The van der Waals surface area contributed by atoms with Crippen LogP contribution in [0.15, 0.2) is 54.7 Å². The minimum Gasteiger partial charge on any atom is -0.361 e. The molecule has 22 heavy (non-hydrogen) atoms. The van der Waals surface area contributed by atoms with E-state index in [9.17, 15) is 0 Å². The minimum atomic E-state index is 0.750. The molecular weight excluding hydrogens is 268 g/mol. The summed E-state index contributed by atoms with van der Waals surface area (Å²) in [4.78, 5) is 3.38. The van der Waals surface area contributed by atoms with E-state index in [4.69, 9.17) is 0 Å². The normalized spacial score (nSPS) is 17.5. The first-order valence-corrected chi connectivity index (χ1v) is 8.35. The third-order valence-corrected chi connectivity index (χ3v) is 4.97. The van der Waals surface area contributed by atoms with E-state index in [1.807, 2.05) is 0 Å². The predicted molar refractivity (Wildman–Crippen MR) is 91.1 cm³/mol. The van der Waals surface area contributed by atoms with Crippen LogP contribution < -0.4 is 5.32 Å². The number of hydrogen-bond donors (Lipinski definition) is 2. The Hall–Kier alpha value is -2.06. The summed E-state index contributed by atoms with van der Waals surface area (Å²) in [7, 11) is 0. The van der Waals surface area contributed by atoms with Crippen LogP contribution in [0.2, 0.25) is 0 Å². The maximum atomic E-state index is 3.38. The van der Waals surface area contributed by atoms with E-state index in [0.717, 1.165) is 12.5 Å². The molecule has 1 aromatic heterocycles. The number of hydrogen-bond acceptors (Lipinski definition) is 0. The lowest BCUT2D eigenvalue weighted by atomic mass is 9.88. The highest BCUT2D eigenvalue weighted by molar-refractivity contribution is 5.82. The van der Waals surface area contributed by atoms with E-state index in [1.54, 1.807) is 11.1 Å². The summed E-state index contributed by atoms with van der Waals surface area (Å²) in [6, 6.07) is 18.3. The molecule has 0 saturated heterocycles. The molecule has 1 atom stereocenters. The van der Waals surface area contributed by atoms with Crippen molar-refractivity contribution in [1.82, 2.24) is 4.98 Å². The first kappa shape index (κ1) is 13.6. The number of nitrogens with one attached hydrogen (secondary N) is 1. The Morgan fingerprint density at radius 2 is 1.82 bits per heavy atom. The number of fused-ring (bicyclic) bond motifs is 2. The average Bonchev–Trinajstić information content (AvgIpc) is 2.98. The van der Waals surface area contributed by atoms with Crippen LogP contribution in [0.5, 0.6) is 0 Å². The van der Waals surface area contributed by atoms with Crippen LogP contribution in [-0.2, 0) is 19.3 Å². The third-order valence-electron chi connectivity index (χ3n) is 4.97. The number of H-pyrrole nitrogens is 1. The van der Waals surface area contributed by atoms with Crippen LogP contribution in [0.25, 0.3) is 10.9 Å². The van der Waals surface area contributed by atoms with Crippen molar-refractivity contribution >= 4 is 10.9 Å². The van der Waals surface area contributed by atoms with Gasteiger partial charge >= 0.3 is 0 Å². The van der Waals surface area contributed by atoms with Crippen LogP contribution in [0.3, 0.4) is 0 Å². The first-order valence-electron chi connectivity index (χ1n) is 8.35. The summed E-state index contributed by atoms with van der Waals surface area (Å²) >= 11 is 0. The summed E-state index contributed by atoms with van der Waals surface area (Å²) < 4.78 is 0. The van der Waals surface area contributed by atoms with Gasteiger partial charge in [0.25, 0.3) is 0 Å². The molecule has 2 heteroatoms. The number of aryl methyl sites for hydroxylation is 1. The van der Waals surface area contributed by atoms with E-state index < -0.39 is 0 Å². The van der Waals surface area contributed by atoms with Gasteiger partial charge in [0.1, 0.15) is 0 Å². The topological polar surface area (TPSA) is 32.4 Å². The fourth-order valence-electron chi connectivity index (χ4n) is 3.74. The zero-order valence-electron chi connectivity index (χ0n) is 12.9. The first-order chi connectivity index (χ1) is 10.9. The zero-order chi connectivity index (χ0) is 14.8. The molecule has 1 heterocycles. The fourth-order valence-corrected chi connectivity index (χ4v) is 3.74. The second-order valence-electron chi connectivity index (χ2n) is 6.41. The number of rotatable bonds is 4. The standard InChI is InChI=1S/C20H22N2/c1-2-6-16-13-18(10-9-15(16)5-1)21-12-11-17-14-22-20-8-4-3-7-19(17)20/h1-8,14,18,21-22H,9-13H2/p+1/t18-/m1/s1. The second-order valence-corrected chi connectivity index (χ2v) is 6.41. The Kier molecular flexibility index (Phi) is 3.69. The summed E-state index contributed by atoms with van der Waals surface area (Å²) in [6.07, 6.45) is 7.09. The molecular formula is C20H23N2+. The minimum absolute atomic E-state index is 0.750. The molecule has 0 fully saturated rings. The molecule has 0 amide bonds. The molecule has 1 aliphatic carbocycles. The van der Waals surface area contributed by atoms with Crippen molar-refractivity contribution in [3.05, 3.63) is 71.4 Å². The molecule has 0 radical (unpaired) electrons. The Bertz CT molecular complexity index is 772. The van der Waals surface area contributed by atoms with Gasteiger partial charge in [-0.3, -0.25) is 0 Å². The van der Waals surface area contributed by atoms with Crippen molar-refractivity contribution in [3.63, 3.8) is 0 Å². The molecule has 0 saturated carbocycles. The molecule has 3 N–H and O–H groups in total. The maximum absolute atomic E-state index is 3.38. The summed E-state index contributed by atoms with van der Waals surface area (Å²) in [5.41, 5.74) is 5.82. The van der Waals surface area contributed by atoms with Gasteiger partial charge in [-0.25, -0.2) is 0 Å². The van der Waals surface area contributed by atoms with Crippen molar-refractivity contribution < 1.29 is 5.32 Å². The van der Waals surface area contributed by atoms with Crippen LogP contribution in [0.4, 0.5) is 0 Å². The monoisotopic (exact) mass is 291 g/mol. The van der Waals surface area contributed by atoms with Gasteiger partial charge in [-0.05, 0) is 29.2 Å². The number of nitrogens with two attached hydrogens (primary N) is 1. The Balaban J connectivity index is 1.36. The molecule has 2 aromatic carbocycles. The lowest BCUT2D eigenvalue weighted by molar-refractivity contribution is -0.689. The predicted octanol–water partition coefficient (Wildman–Crippen LogP) is 2.83. The highest BCUT2D eigenvalue weighted by atomic mass is 14.9. The van der Waals surface area contributed by atoms with Gasteiger partial charge in [-0.2, -0.15) is 0 Å². The number of benzene rings is 2. The van der Waals surface area contributed by atoms with E-state index in [-0.39, 0.29) is 0 Å². The molecule has 0 unspecified atom stereocenters. The largest absolute Gasteiger partial charge is 0.361 e. The van der Waals surface area contributed by atoms with Crippen molar-refractivity contribution in [1.29, 1.82) is 0 Å². The summed E-state index contributed by atoms with van der Waals surface area (Å²) in [5, 5.41) is 3.93. The number of aromatic nitrogens is 1. The lowest BCUT2D eigenvalue weighted by Gasteiger charge is -2.23. The molecule has 0 spiro atoms. The third kappa shape index (κ3) is 2.67. The molecule has 0 bridgehead atoms. The quantitative estimate of drug-likeness (QED) is 0.741. The van der Waals surface area contributed by atoms with Crippen molar-refractivity contribution in [2.45, 2.75) is 31.7 Å². The molecule has 3 aromatic rings. The van der Waals surface area contributed by atoms with Crippen LogP contribution >= 0.6 is 0 Å². The zero-order valence-corrected chi connectivity index (χ0v) is 12.9. The van der Waals surface area contributed by atoms with Crippen molar-refractivity contribution in [2.75, 3.05) is 6.54 Å². The molecule has 2 nitrogen and oxygen atoms in total. The second kappa shape index (κ2) is 5.98. The highest BCUT2D eigenvalue weighted by Gasteiger charge is 2.20. The Morgan fingerprint density at radius 3 is 2.77 bits per heavy atom. The fraction of sp³-hybridized carbons (Fsp3) is 0.300. The smallest absolute Gasteiger partial charge is 0.0903 e. The van der Waals surface area contributed by atoms with Crippen molar-refractivity contribution in [2.24, 2.45) is 0 Å². The van der Waals surface area contributed by atoms with E-state index >= 15 is 0 Å². The van der Waals surface area contributed by atoms with Gasteiger partial charge in [0.05, 0.1) is 12.6 Å². The molecule has 112 valence electrons. The van der Waals surface area contributed by atoms with Gasteiger partial charge in [-0.15, -0.1) is 0 Å². The van der Waals surface area contributed by atoms with Crippen molar-refractivity contribution in [3.8, 4) is 0 Å². The van der Waals surface area contributed by atoms with Gasteiger partial charge in [-0.1, -0.05) is 42.5 Å². The van der Waals surface area contributed by atoms with Gasteiger partial charge in [0.15, 0.2) is 0 Å². The number of para-hydroxylation sites is 1. The highest BCUT2D eigenvalue weighted by Crippen LogP contribution is 2.20. The average molecular weight is 291 g/mol. The maximum Gasteiger partial charge on any atom is 0.0903 e. The van der Waals surface area contributed by atoms with Crippen LogP contribution in [0.1, 0.15) is 23.1 Å². The van der Waals surface area contributed by atoms with Crippen LogP contribution in [0, 0.1) is 0 Å². The van der Waals surface area contributed by atoms with E-state index in [2.05, 4.69) is 65.0 Å². The SMILES string of the molecule is c1ccc2c(c1)CC[C@@H]([NH2+]CCc1c[nH]c3ccccc13)C2. The van der Waals surface area contributed by atoms with E-state index in [1.165, 1.54) is 42.3 Å². The molecule has 1 aliphatic rings. The molecule has 0 aliphatic heterocycles. The Labute approximate surface area is 131 Å². The Morgan fingerprint density at radius 1 is 1.00 bits per heavy atom. The number of aromatic amines is 1. The van der Waals surface area contributed by atoms with Gasteiger partial charge in [0, 0.05) is 36.4 Å². The number of quaternary nitrogens is 1. The van der Waals surface area contributed by atoms with Gasteiger partial charge < -0.3 is 10.3 Å². The lowest BCUT2D eigenvalue weighted by Crippen LogP contribution is -2.91.